The summed E-state index contributed by atoms with van der Waals surface area (Å²) < 4.78 is 0. The van der Waals surface area contributed by atoms with Crippen molar-refractivity contribution >= 4 is 0 Å². The van der Waals surface area contributed by atoms with Gasteiger partial charge in [0.25, 0.3) is 0 Å². The van der Waals surface area contributed by atoms with E-state index in [9.17, 15) is 0 Å². The Morgan fingerprint density at radius 1 is 1.20 bits per heavy atom. The summed E-state index contributed by atoms with van der Waals surface area (Å²) in [4.78, 5) is 2.67. The molecule has 2 nitrogen and oxygen atoms in total. The van der Waals surface area contributed by atoms with Gasteiger partial charge >= 0.3 is 0 Å². The fraction of sp³-hybridized carbons (Fsp3) is 1.00. The summed E-state index contributed by atoms with van der Waals surface area (Å²) in [5.41, 5.74) is 6.15. The minimum absolute atomic E-state index is 0.485. The Labute approximate surface area is 94.2 Å². The molecule has 2 saturated carbocycles. The van der Waals surface area contributed by atoms with Crippen molar-refractivity contribution in [2.75, 3.05) is 13.1 Å². The SMILES string of the molecule is CC(C)CN(CCC(N)C1CC1)C1CC1. The minimum atomic E-state index is 0.485. The molecule has 2 heteroatoms. The lowest BCUT2D eigenvalue weighted by Gasteiger charge is -2.25. The highest BCUT2D eigenvalue weighted by Crippen LogP contribution is 2.34. The van der Waals surface area contributed by atoms with Crippen LogP contribution in [0.25, 0.3) is 0 Å². The summed E-state index contributed by atoms with van der Waals surface area (Å²) in [6.07, 6.45) is 6.83. The molecule has 0 heterocycles. The second-order valence-electron chi connectivity index (χ2n) is 5.91. The predicted molar refractivity (Wildman–Crippen MR) is 64.7 cm³/mol. The average Bonchev–Trinajstić information content (AvgIpc) is 3.05. The maximum atomic E-state index is 6.15. The van der Waals surface area contributed by atoms with Gasteiger partial charge in [0.1, 0.15) is 0 Å². The van der Waals surface area contributed by atoms with Gasteiger partial charge in [-0.25, -0.2) is 0 Å². The van der Waals surface area contributed by atoms with Gasteiger partial charge in [0, 0.05) is 18.6 Å². The van der Waals surface area contributed by atoms with Crippen molar-refractivity contribution in [3.8, 4) is 0 Å². The van der Waals surface area contributed by atoms with E-state index in [1.807, 2.05) is 0 Å². The molecule has 0 saturated heterocycles. The summed E-state index contributed by atoms with van der Waals surface area (Å²) in [5, 5.41) is 0. The Kier molecular flexibility index (Phi) is 3.68. The largest absolute Gasteiger partial charge is 0.327 e. The molecule has 88 valence electrons. The van der Waals surface area contributed by atoms with Crippen molar-refractivity contribution in [2.45, 2.75) is 58.0 Å². The molecule has 1 unspecified atom stereocenters. The highest BCUT2D eigenvalue weighted by Gasteiger charge is 2.32. The van der Waals surface area contributed by atoms with Gasteiger partial charge in [0.15, 0.2) is 0 Å². The summed E-state index contributed by atoms with van der Waals surface area (Å²) in [5.74, 6) is 1.66. The highest BCUT2D eigenvalue weighted by molar-refractivity contribution is 4.88. The maximum Gasteiger partial charge on any atom is 0.00965 e. The van der Waals surface area contributed by atoms with Gasteiger partial charge in [0.2, 0.25) is 0 Å². The topological polar surface area (TPSA) is 29.3 Å². The third kappa shape index (κ3) is 3.76. The van der Waals surface area contributed by atoms with Gasteiger partial charge < -0.3 is 10.6 Å². The van der Waals surface area contributed by atoms with Crippen LogP contribution in [0.4, 0.5) is 0 Å². The molecule has 2 N–H and O–H groups in total. The first kappa shape index (κ1) is 11.4. The molecule has 15 heavy (non-hydrogen) atoms. The van der Waals surface area contributed by atoms with Gasteiger partial charge in [-0.1, -0.05) is 13.8 Å². The second-order valence-corrected chi connectivity index (χ2v) is 5.91. The molecule has 0 aromatic carbocycles. The molecule has 0 bridgehead atoms. The minimum Gasteiger partial charge on any atom is -0.327 e. The normalized spacial score (nSPS) is 23.8. The smallest absolute Gasteiger partial charge is 0.00965 e. The van der Waals surface area contributed by atoms with Crippen molar-refractivity contribution in [1.29, 1.82) is 0 Å². The predicted octanol–water partition coefficient (Wildman–Crippen LogP) is 2.23. The number of hydrogen-bond acceptors (Lipinski definition) is 2. The fourth-order valence-electron chi connectivity index (χ4n) is 2.41. The van der Waals surface area contributed by atoms with E-state index in [1.54, 1.807) is 0 Å². The van der Waals surface area contributed by atoms with Gasteiger partial charge in [0.05, 0.1) is 0 Å². The molecule has 2 fully saturated rings. The highest BCUT2D eigenvalue weighted by atomic mass is 15.2. The van der Waals surface area contributed by atoms with E-state index in [0.717, 1.165) is 17.9 Å². The van der Waals surface area contributed by atoms with Crippen LogP contribution in [-0.4, -0.2) is 30.1 Å². The number of nitrogens with two attached hydrogens (primary N) is 1. The van der Waals surface area contributed by atoms with Gasteiger partial charge in [-0.3, -0.25) is 0 Å². The summed E-state index contributed by atoms with van der Waals surface area (Å²) in [7, 11) is 0. The first-order chi connectivity index (χ1) is 7.16. The van der Waals surface area contributed by atoms with E-state index < -0.39 is 0 Å². The molecule has 2 aliphatic rings. The monoisotopic (exact) mass is 210 g/mol. The lowest BCUT2D eigenvalue weighted by atomic mass is 10.1. The Bertz CT molecular complexity index is 195. The Balaban J connectivity index is 1.68. The molecular weight excluding hydrogens is 184 g/mol. The lowest BCUT2D eigenvalue weighted by Crippen LogP contribution is -2.35. The third-order valence-corrected chi connectivity index (χ3v) is 3.64. The van der Waals surface area contributed by atoms with Crippen LogP contribution < -0.4 is 5.73 Å². The van der Waals surface area contributed by atoms with Crippen molar-refractivity contribution in [2.24, 2.45) is 17.6 Å². The van der Waals surface area contributed by atoms with E-state index >= 15 is 0 Å². The van der Waals surface area contributed by atoms with E-state index in [2.05, 4.69) is 18.7 Å². The van der Waals surface area contributed by atoms with Crippen LogP contribution >= 0.6 is 0 Å². The van der Waals surface area contributed by atoms with Crippen LogP contribution in [0, 0.1) is 11.8 Å². The van der Waals surface area contributed by atoms with Crippen LogP contribution in [-0.2, 0) is 0 Å². The molecule has 0 aromatic heterocycles. The molecule has 0 aromatic rings. The van der Waals surface area contributed by atoms with Crippen LogP contribution in [0.3, 0.4) is 0 Å². The van der Waals surface area contributed by atoms with E-state index in [4.69, 9.17) is 5.73 Å². The molecule has 0 amide bonds. The summed E-state index contributed by atoms with van der Waals surface area (Å²) in [6.45, 7) is 7.13. The molecule has 0 radical (unpaired) electrons. The van der Waals surface area contributed by atoms with Crippen LogP contribution in [0.1, 0.15) is 46.0 Å². The number of nitrogens with zero attached hydrogens (tertiary/aromatic N) is 1. The number of hydrogen-bond donors (Lipinski definition) is 1. The third-order valence-electron chi connectivity index (χ3n) is 3.64. The summed E-state index contributed by atoms with van der Waals surface area (Å²) in [6, 6.07) is 1.39. The first-order valence-corrected chi connectivity index (χ1v) is 6.66. The van der Waals surface area contributed by atoms with Crippen LogP contribution in [0.15, 0.2) is 0 Å². The van der Waals surface area contributed by atoms with E-state index in [-0.39, 0.29) is 0 Å². The van der Waals surface area contributed by atoms with E-state index in [1.165, 1.54) is 45.2 Å². The molecular formula is C13H26N2. The second kappa shape index (κ2) is 4.84. The van der Waals surface area contributed by atoms with Gasteiger partial charge in [-0.05, 0) is 50.5 Å². The van der Waals surface area contributed by atoms with Crippen molar-refractivity contribution in [3.63, 3.8) is 0 Å². The summed E-state index contributed by atoms with van der Waals surface area (Å²) >= 11 is 0. The zero-order chi connectivity index (χ0) is 10.8. The van der Waals surface area contributed by atoms with Crippen molar-refractivity contribution < 1.29 is 0 Å². The maximum absolute atomic E-state index is 6.15. The number of rotatable bonds is 7. The quantitative estimate of drug-likeness (QED) is 0.698. The Morgan fingerprint density at radius 3 is 2.33 bits per heavy atom. The zero-order valence-electron chi connectivity index (χ0n) is 10.3. The van der Waals surface area contributed by atoms with Crippen LogP contribution in [0.2, 0.25) is 0 Å². The van der Waals surface area contributed by atoms with Crippen molar-refractivity contribution in [1.82, 2.24) is 4.90 Å². The average molecular weight is 210 g/mol. The zero-order valence-corrected chi connectivity index (χ0v) is 10.3. The fourth-order valence-corrected chi connectivity index (χ4v) is 2.41. The van der Waals surface area contributed by atoms with Gasteiger partial charge in [-0.15, -0.1) is 0 Å². The Hall–Kier alpha value is -0.0800. The molecule has 2 aliphatic carbocycles. The van der Waals surface area contributed by atoms with Crippen molar-refractivity contribution in [3.05, 3.63) is 0 Å². The van der Waals surface area contributed by atoms with Crippen LogP contribution in [0.5, 0.6) is 0 Å². The first-order valence-electron chi connectivity index (χ1n) is 6.66. The molecule has 2 rings (SSSR count). The van der Waals surface area contributed by atoms with Gasteiger partial charge in [-0.2, -0.15) is 0 Å². The molecule has 1 atom stereocenters. The standard InChI is InChI=1S/C13H26N2/c1-10(2)9-15(12-5-6-12)8-7-13(14)11-3-4-11/h10-13H,3-9,14H2,1-2H3. The molecule has 0 aliphatic heterocycles. The Morgan fingerprint density at radius 2 is 1.87 bits per heavy atom. The lowest BCUT2D eigenvalue weighted by molar-refractivity contribution is 0.223. The van der Waals surface area contributed by atoms with E-state index in [0.29, 0.717) is 6.04 Å². The molecule has 0 spiro atoms.